The molecule has 11 heteroatoms. The van der Waals surface area contributed by atoms with Gasteiger partial charge in [0.25, 0.3) is 10.0 Å². The minimum atomic E-state index is -4.21. The van der Waals surface area contributed by atoms with Crippen molar-refractivity contribution in [3.63, 3.8) is 0 Å². The van der Waals surface area contributed by atoms with E-state index in [9.17, 15) is 18.0 Å². The Hall–Kier alpha value is -4.25. The van der Waals surface area contributed by atoms with Crippen molar-refractivity contribution in [1.82, 2.24) is 10.2 Å². The topological polar surface area (TPSA) is 114 Å². The summed E-state index contributed by atoms with van der Waals surface area (Å²) >= 11 is 0. The smallest absolute Gasteiger partial charge is 0.264 e. The van der Waals surface area contributed by atoms with E-state index in [0.29, 0.717) is 23.7 Å². The molecule has 0 aliphatic rings. The molecule has 3 aromatic rings. The number of hydrogen-bond acceptors (Lipinski definition) is 7. The van der Waals surface area contributed by atoms with Gasteiger partial charge in [-0.25, -0.2) is 8.42 Å². The number of amides is 2. The van der Waals surface area contributed by atoms with Crippen molar-refractivity contribution in [2.24, 2.45) is 0 Å². The number of carbonyl (C=O) groups is 2. The zero-order chi connectivity index (χ0) is 30.9. The number of rotatable bonds is 14. The lowest BCUT2D eigenvalue weighted by atomic mass is 10.1. The van der Waals surface area contributed by atoms with Crippen molar-refractivity contribution in [1.29, 1.82) is 0 Å². The van der Waals surface area contributed by atoms with Crippen LogP contribution in [0, 0.1) is 0 Å². The maximum absolute atomic E-state index is 14.1. The largest absolute Gasteiger partial charge is 0.497 e. The number of sulfonamides is 1. The van der Waals surface area contributed by atoms with Crippen molar-refractivity contribution in [2.75, 3.05) is 32.2 Å². The third-order valence-corrected chi connectivity index (χ3v) is 8.71. The lowest BCUT2D eigenvalue weighted by molar-refractivity contribution is -0.139. The van der Waals surface area contributed by atoms with E-state index in [0.717, 1.165) is 9.87 Å². The molecule has 0 saturated carbocycles. The van der Waals surface area contributed by atoms with E-state index in [4.69, 9.17) is 14.2 Å². The fourth-order valence-electron chi connectivity index (χ4n) is 4.24. The monoisotopic (exact) mass is 597 g/mol. The molecule has 1 N–H and O–H groups in total. The van der Waals surface area contributed by atoms with Gasteiger partial charge in [-0.3, -0.25) is 13.9 Å². The average molecular weight is 598 g/mol. The molecule has 0 bridgehead atoms. The van der Waals surface area contributed by atoms with Crippen LogP contribution in [0.15, 0.2) is 77.7 Å². The summed E-state index contributed by atoms with van der Waals surface area (Å²) in [5, 5.41) is 2.92. The number of ether oxygens (including phenoxy) is 3. The van der Waals surface area contributed by atoms with Crippen LogP contribution in [-0.2, 0) is 26.2 Å². The highest BCUT2D eigenvalue weighted by molar-refractivity contribution is 7.92. The molecule has 0 saturated heterocycles. The normalized spacial score (nSPS) is 12.5. The number of nitrogens with zero attached hydrogens (tertiary/aromatic N) is 2. The van der Waals surface area contributed by atoms with E-state index in [1.54, 1.807) is 62.6 Å². The van der Waals surface area contributed by atoms with Gasteiger partial charge in [-0.05, 0) is 62.2 Å². The molecule has 2 unspecified atom stereocenters. The molecule has 0 fully saturated rings. The molecule has 0 aliphatic carbocycles. The van der Waals surface area contributed by atoms with Crippen LogP contribution in [0.1, 0.15) is 32.8 Å². The van der Waals surface area contributed by atoms with Gasteiger partial charge in [-0.15, -0.1) is 0 Å². The Morgan fingerprint density at radius 1 is 0.857 bits per heavy atom. The SMILES string of the molecule is CCC(C)NC(=O)C(C)N(Cc1cccc(OC)c1)C(=O)CN(c1ccc(OC)c(OC)c1)S(=O)(=O)c1ccccc1. The summed E-state index contributed by atoms with van der Waals surface area (Å²) in [4.78, 5) is 28.7. The number of methoxy groups -OCH3 is 3. The van der Waals surface area contributed by atoms with Gasteiger partial charge in [-0.2, -0.15) is 0 Å². The molecule has 3 rings (SSSR count). The van der Waals surface area contributed by atoms with E-state index < -0.39 is 28.5 Å². The number of benzene rings is 3. The predicted octanol–water partition coefficient (Wildman–Crippen LogP) is 4.24. The van der Waals surface area contributed by atoms with Crippen molar-refractivity contribution in [3.05, 3.63) is 78.4 Å². The summed E-state index contributed by atoms with van der Waals surface area (Å²) in [5.74, 6) is 0.378. The predicted molar refractivity (Wildman–Crippen MR) is 161 cm³/mol. The van der Waals surface area contributed by atoms with E-state index in [1.165, 1.54) is 37.3 Å². The van der Waals surface area contributed by atoms with Crippen molar-refractivity contribution in [2.45, 2.75) is 50.7 Å². The molecule has 0 spiro atoms. The molecule has 0 aliphatic heterocycles. The first-order valence-electron chi connectivity index (χ1n) is 13.6. The zero-order valence-electron chi connectivity index (χ0n) is 24.9. The lowest BCUT2D eigenvalue weighted by Crippen LogP contribution is -2.52. The van der Waals surface area contributed by atoms with Crippen molar-refractivity contribution >= 4 is 27.5 Å². The molecule has 0 radical (unpaired) electrons. The minimum Gasteiger partial charge on any atom is -0.497 e. The Morgan fingerprint density at radius 2 is 1.55 bits per heavy atom. The first kappa shape index (κ1) is 32.3. The summed E-state index contributed by atoms with van der Waals surface area (Å²) in [7, 11) is 0.245. The first-order valence-corrected chi connectivity index (χ1v) is 15.0. The van der Waals surface area contributed by atoms with Crippen LogP contribution in [0.3, 0.4) is 0 Å². The van der Waals surface area contributed by atoms with Gasteiger partial charge in [0, 0.05) is 18.7 Å². The quantitative estimate of drug-likeness (QED) is 0.296. The molecule has 2 atom stereocenters. The summed E-state index contributed by atoms with van der Waals surface area (Å²) in [6, 6.07) is 18.6. The second kappa shape index (κ2) is 14.6. The third-order valence-electron chi connectivity index (χ3n) is 6.92. The highest BCUT2D eigenvalue weighted by atomic mass is 32.2. The van der Waals surface area contributed by atoms with Gasteiger partial charge < -0.3 is 24.4 Å². The summed E-state index contributed by atoms with van der Waals surface area (Å²) in [5.41, 5.74) is 0.914. The maximum Gasteiger partial charge on any atom is 0.264 e. The molecule has 0 aromatic heterocycles. The Balaban J connectivity index is 2.08. The second-order valence-corrected chi connectivity index (χ2v) is 11.6. The zero-order valence-corrected chi connectivity index (χ0v) is 25.7. The number of anilines is 1. The minimum absolute atomic E-state index is 0.00879. The van der Waals surface area contributed by atoms with Crippen LogP contribution >= 0.6 is 0 Å². The Labute approximate surface area is 248 Å². The lowest BCUT2D eigenvalue weighted by Gasteiger charge is -2.32. The molecule has 10 nitrogen and oxygen atoms in total. The Bertz CT molecular complexity index is 1460. The molecule has 42 heavy (non-hydrogen) atoms. The second-order valence-electron chi connectivity index (χ2n) is 9.73. The van der Waals surface area contributed by atoms with Gasteiger partial charge in [0.05, 0.1) is 31.9 Å². The van der Waals surface area contributed by atoms with Gasteiger partial charge in [0.2, 0.25) is 11.8 Å². The van der Waals surface area contributed by atoms with E-state index >= 15 is 0 Å². The van der Waals surface area contributed by atoms with Gasteiger partial charge in [0.15, 0.2) is 11.5 Å². The Morgan fingerprint density at radius 3 is 2.17 bits per heavy atom. The van der Waals surface area contributed by atoms with Crippen LogP contribution in [-0.4, -0.2) is 65.1 Å². The molecular formula is C31H39N3O7S. The van der Waals surface area contributed by atoms with Crippen LogP contribution in [0.2, 0.25) is 0 Å². The number of nitrogens with one attached hydrogen (secondary N) is 1. The Kier molecular flexibility index (Phi) is 11.2. The maximum atomic E-state index is 14.1. The highest BCUT2D eigenvalue weighted by Gasteiger charge is 2.33. The summed E-state index contributed by atoms with van der Waals surface area (Å²) in [6.07, 6.45) is 0.713. The fraction of sp³-hybridized carbons (Fsp3) is 0.355. The molecular weight excluding hydrogens is 558 g/mol. The van der Waals surface area contributed by atoms with Crippen LogP contribution < -0.4 is 23.8 Å². The molecule has 0 heterocycles. The average Bonchev–Trinajstić information content (AvgIpc) is 3.01. The number of carbonyl (C=O) groups excluding carboxylic acids is 2. The first-order chi connectivity index (χ1) is 20.0. The third kappa shape index (κ3) is 7.73. The highest BCUT2D eigenvalue weighted by Crippen LogP contribution is 2.34. The summed E-state index contributed by atoms with van der Waals surface area (Å²) < 4.78 is 45.0. The van der Waals surface area contributed by atoms with Crippen LogP contribution in [0.5, 0.6) is 17.2 Å². The molecule has 2 amide bonds. The van der Waals surface area contributed by atoms with E-state index in [-0.39, 0.29) is 29.1 Å². The van der Waals surface area contributed by atoms with E-state index in [1.807, 2.05) is 19.9 Å². The number of hydrogen-bond donors (Lipinski definition) is 1. The van der Waals surface area contributed by atoms with Crippen molar-refractivity contribution < 1.29 is 32.2 Å². The van der Waals surface area contributed by atoms with Gasteiger partial charge >= 0.3 is 0 Å². The van der Waals surface area contributed by atoms with Crippen LogP contribution in [0.25, 0.3) is 0 Å². The molecule has 3 aromatic carbocycles. The van der Waals surface area contributed by atoms with Gasteiger partial charge in [-0.1, -0.05) is 37.3 Å². The van der Waals surface area contributed by atoms with E-state index in [2.05, 4.69) is 5.32 Å². The standard InChI is InChI=1S/C31H39N3O7S/c1-7-22(2)32-31(36)23(3)33(20-24-12-11-13-26(18-24)39-4)30(35)21-34(42(37,38)27-14-9-8-10-15-27)25-16-17-28(40-5)29(19-25)41-6/h8-19,22-23H,7,20-21H2,1-6H3,(H,32,36). The van der Waals surface area contributed by atoms with Crippen LogP contribution in [0.4, 0.5) is 5.69 Å². The molecule has 226 valence electrons. The van der Waals surface area contributed by atoms with Crippen molar-refractivity contribution in [3.8, 4) is 17.2 Å². The fourth-order valence-corrected chi connectivity index (χ4v) is 5.67. The summed E-state index contributed by atoms with van der Waals surface area (Å²) in [6.45, 7) is 4.93. The van der Waals surface area contributed by atoms with Gasteiger partial charge in [0.1, 0.15) is 18.3 Å².